The number of fused-ring (bicyclic) bond motifs is 1. The van der Waals surface area contributed by atoms with Crippen LogP contribution in [0.2, 0.25) is 0 Å². The van der Waals surface area contributed by atoms with Crippen LogP contribution in [0.15, 0.2) is 71.6 Å². The standard InChI is InChI=1S/C30H37N3O4S/c1-4-28(30(35)31-26-15-9-10-16-26)33(20-25-14-6-5-11-22(25)2)29(34)21-32(3)38(36,37)27-18-17-23-12-7-8-13-24(23)19-27/h5-8,11-14,17-19,26,28H,4,9-10,15-16,20-21H2,1-3H3,(H,31,35). The van der Waals surface area contributed by atoms with Crippen LogP contribution in [0.1, 0.15) is 50.2 Å². The van der Waals surface area contributed by atoms with Gasteiger partial charge in [0.2, 0.25) is 21.8 Å². The van der Waals surface area contributed by atoms with Crippen molar-refractivity contribution in [3.63, 3.8) is 0 Å². The Morgan fingerprint density at radius 1 is 0.974 bits per heavy atom. The van der Waals surface area contributed by atoms with Crippen LogP contribution in [-0.2, 0) is 26.2 Å². The number of carbonyl (C=O) groups excluding carboxylic acids is 2. The van der Waals surface area contributed by atoms with Gasteiger partial charge in [-0.15, -0.1) is 0 Å². The van der Waals surface area contributed by atoms with Crippen LogP contribution in [0, 0.1) is 6.92 Å². The molecule has 0 aliphatic heterocycles. The molecule has 3 aromatic rings. The fraction of sp³-hybridized carbons (Fsp3) is 0.400. The summed E-state index contributed by atoms with van der Waals surface area (Å²) in [6.07, 6.45) is 4.49. The van der Waals surface area contributed by atoms with E-state index in [0.29, 0.717) is 6.42 Å². The molecule has 1 N–H and O–H groups in total. The van der Waals surface area contributed by atoms with Gasteiger partial charge in [-0.25, -0.2) is 8.42 Å². The summed E-state index contributed by atoms with van der Waals surface area (Å²) in [6.45, 7) is 3.71. The number of hydrogen-bond acceptors (Lipinski definition) is 4. The summed E-state index contributed by atoms with van der Waals surface area (Å²) in [7, 11) is -2.52. The summed E-state index contributed by atoms with van der Waals surface area (Å²) in [5, 5.41) is 4.88. The smallest absolute Gasteiger partial charge is 0.243 e. The molecular formula is C30H37N3O4S. The number of benzene rings is 3. The maximum atomic E-state index is 13.7. The van der Waals surface area contributed by atoms with Crippen molar-refractivity contribution in [3.8, 4) is 0 Å². The molecule has 1 fully saturated rings. The van der Waals surface area contributed by atoms with Gasteiger partial charge in [0.15, 0.2) is 0 Å². The van der Waals surface area contributed by atoms with Crippen LogP contribution < -0.4 is 5.32 Å². The van der Waals surface area contributed by atoms with E-state index in [4.69, 9.17) is 0 Å². The second-order valence-corrected chi connectivity index (χ2v) is 12.2. The number of carbonyl (C=O) groups is 2. The lowest BCUT2D eigenvalue weighted by molar-refractivity contribution is -0.141. The van der Waals surface area contributed by atoms with Crippen LogP contribution in [-0.4, -0.2) is 55.1 Å². The van der Waals surface area contributed by atoms with Crippen molar-refractivity contribution >= 4 is 32.6 Å². The van der Waals surface area contributed by atoms with E-state index < -0.39 is 22.0 Å². The van der Waals surface area contributed by atoms with E-state index in [1.165, 1.54) is 7.05 Å². The van der Waals surface area contributed by atoms with Gasteiger partial charge in [0.05, 0.1) is 11.4 Å². The third-order valence-electron chi connectivity index (χ3n) is 7.48. The highest BCUT2D eigenvalue weighted by Crippen LogP contribution is 2.23. The topological polar surface area (TPSA) is 86.8 Å². The molecule has 1 aliphatic carbocycles. The SMILES string of the molecule is CCC(C(=O)NC1CCCC1)N(Cc1ccccc1C)C(=O)CN(C)S(=O)(=O)c1ccc2ccccc2c1. The second-order valence-electron chi connectivity index (χ2n) is 10.1. The Balaban J connectivity index is 1.58. The summed E-state index contributed by atoms with van der Waals surface area (Å²) in [5.74, 6) is -0.588. The van der Waals surface area contributed by atoms with Gasteiger partial charge < -0.3 is 10.2 Å². The van der Waals surface area contributed by atoms with Crippen molar-refractivity contribution in [3.05, 3.63) is 77.9 Å². The van der Waals surface area contributed by atoms with Crippen LogP contribution in [0.25, 0.3) is 10.8 Å². The van der Waals surface area contributed by atoms with Crippen molar-refractivity contribution in [2.75, 3.05) is 13.6 Å². The predicted octanol–water partition coefficient (Wildman–Crippen LogP) is 4.63. The number of likely N-dealkylation sites (N-methyl/N-ethyl adjacent to an activating group) is 1. The minimum absolute atomic E-state index is 0.128. The zero-order chi connectivity index (χ0) is 27.3. The number of aryl methyl sites for hydroxylation is 1. The van der Waals surface area contributed by atoms with Crippen LogP contribution in [0.5, 0.6) is 0 Å². The zero-order valence-electron chi connectivity index (χ0n) is 22.4. The second kappa shape index (κ2) is 12.1. The minimum atomic E-state index is -3.93. The molecule has 0 heterocycles. The van der Waals surface area contributed by atoms with E-state index in [2.05, 4.69) is 5.32 Å². The van der Waals surface area contributed by atoms with Gasteiger partial charge in [-0.1, -0.05) is 74.4 Å². The van der Waals surface area contributed by atoms with Crippen molar-refractivity contribution in [2.45, 2.75) is 69.5 Å². The lowest BCUT2D eigenvalue weighted by atomic mass is 10.1. The lowest BCUT2D eigenvalue weighted by Gasteiger charge is -2.33. The van der Waals surface area contributed by atoms with E-state index in [1.807, 2.05) is 62.4 Å². The van der Waals surface area contributed by atoms with Gasteiger partial charge in [-0.3, -0.25) is 9.59 Å². The first-order valence-electron chi connectivity index (χ1n) is 13.3. The number of rotatable bonds is 10. The molecular weight excluding hydrogens is 498 g/mol. The molecule has 0 saturated heterocycles. The normalized spacial score (nSPS) is 15.1. The Morgan fingerprint density at radius 3 is 2.32 bits per heavy atom. The van der Waals surface area contributed by atoms with Crippen molar-refractivity contribution in [2.24, 2.45) is 0 Å². The van der Waals surface area contributed by atoms with E-state index in [9.17, 15) is 18.0 Å². The summed E-state index contributed by atoms with van der Waals surface area (Å²) in [5.41, 5.74) is 1.93. The number of nitrogens with one attached hydrogen (secondary N) is 1. The summed E-state index contributed by atoms with van der Waals surface area (Å²) < 4.78 is 27.9. The molecule has 1 saturated carbocycles. The van der Waals surface area contributed by atoms with E-state index in [1.54, 1.807) is 23.1 Å². The van der Waals surface area contributed by atoms with Crippen molar-refractivity contribution in [1.29, 1.82) is 0 Å². The van der Waals surface area contributed by atoms with Crippen LogP contribution in [0.3, 0.4) is 0 Å². The fourth-order valence-electron chi connectivity index (χ4n) is 5.13. The van der Waals surface area contributed by atoms with E-state index >= 15 is 0 Å². The molecule has 0 radical (unpaired) electrons. The summed E-state index contributed by atoms with van der Waals surface area (Å²) >= 11 is 0. The maximum absolute atomic E-state index is 13.7. The number of hydrogen-bond donors (Lipinski definition) is 1. The number of sulfonamides is 1. The third kappa shape index (κ3) is 6.25. The average Bonchev–Trinajstić information content (AvgIpc) is 3.42. The van der Waals surface area contributed by atoms with E-state index in [-0.39, 0.29) is 29.9 Å². The molecule has 1 aliphatic rings. The molecule has 4 rings (SSSR count). The Hall–Kier alpha value is -3.23. The quantitative estimate of drug-likeness (QED) is 0.410. The maximum Gasteiger partial charge on any atom is 0.243 e. The van der Waals surface area contributed by atoms with Crippen molar-refractivity contribution < 1.29 is 18.0 Å². The highest BCUT2D eigenvalue weighted by atomic mass is 32.2. The number of nitrogens with zero attached hydrogens (tertiary/aromatic N) is 2. The predicted molar refractivity (Wildman–Crippen MR) is 150 cm³/mol. The minimum Gasteiger partial charge on any atom is -0.352 e. The molecule has 7 nitrogen and oxygen atoms in total. The van der Waals surface area contributed by atoms with Gasteiger partial charge in [0.25, 0.3) is 0 Å². The Kier molecular flexibility index (Phi) is 8.84. The molecule has 202 valence electrons. The van der Waals surface area contributed by atoms with Gasteiger partial charge in [-0.2, -0.15) is 4.31 Å². The van der Waals surface area contributed by atoms with Gasteiger partial charge in [0.1, 0.15) is 6.04 Å². The highest BCUT2D eigenvalue weighted by molar-refractivity contribution is 7.89. The monoisotopic (exact) mass is 535 g/mol. The van der Waals surface area contributed by atoms with Crippen LogP contribution >= 0.6 is 0 Å². The molecule has 3 aromatic carbocycles. The average molecular weight is 536 g/mol. The Labute approximate surface area is 225 Å². The van der Waals surface area contributed by atoms with Crippen molar-refractivity contribution in [1.82, 2.24) is 14.5 Å². The fourth-order valence-corrected chi connectivity index (χ4v) is 6.29. The lowest BCUT2D eigenvalue weighted by Crippen LogP contribution is -2.53. The first-order chi connectivity index (χ1) is 18.2. The van der Waals surface area contributed by atoms with Gasteiger partial charge in [0, 0.05) is 19.6 Å². The molecule has 0 aromatic heterocycles. The molecule has 1 unspecified atom stereocenters. The third-order valence-corrected chi connectivity index (χ3v) is 9.28. The molecule has 1 atom stereocenters. The molecule has 0 bridgehead atoms. The van der Waals surface area contributed by atoms with Gasteiger partial charge in [-0.05, 0) is 60.2 Å². The molecule has 8 heteroatoms. The highest BCUT2D eigenvalue weighted by Gasteiger charge is 2.33. The number of amides is 2. The Bertz CT molecular complexity index is 1400. The van der Waals surface area contributed by atoms with E-state index in [0.717, 1.165) is 51.9 Å². The molecule has 2 amide bonds. The largest absolute Gasteiger partial charge is 0.352 e. The Morgan fingerprint density at radius 2 is 1.63 bits per heavy atom. The summed E-state index contributed by atoms with van der Waals surface area (Å²) in [6, 6.07) is 19.7. The summed E-state index contributed by atoms with van der Waals surface area (Å²) in [4.78, 5) is 28.8. The molecule has 0 spiro atoms. The van der Waals surface area contributed by atoms with Crippen LogP contribution in [0.4, 0.5) is 0 Å². The first kappa shape index (κ1) is 27.8. The molecule has 38 heavy (non-hydrogen) atoms. The zero-order valence-corrected chi connectivity index (χ0v) is 23.2. The first-order valence-corrected chi connectivity index (χ1v) is 14.7. The van der Waals surface area contributed by atoms with Gasteiger partial charge >= 0.3 is 0 Å².